The van der Waals surface area contributed by atoms with Crippen LogP contribution >= 0.6 is 11.6 Å². The van der Waals surface area contributed by atoms with Crippen molar-refractivity contribution in [3.8, 4) is 17.1 Å². The summed E-state index contributed by atoms with van der Waals surface area (Å²) in [4.78, 5) is 17.9. The van der Waals surface area contributed by atoms with E-state index in [1.54, 1.807) is 12.0 Å². The fourth-order valence-electron chi connectivity index (χ4n) is 2.72. The molecule has 6 nitrogen and oxygen atoms in total. The third-order valence-electron chi connectivity index (χ3n) is 4.10. The molecule has 0 spiro atoms. The standard InChI is InChI=1S/C16H18ClN3O3/c1-22-13-4-2-11(3-5-13)15-18-16(23-19-15)12-6-8-20(9-7-12)14(21)10-17/h2-5,12H,6-10H2,1H3. The predicted octanol–water partition coefficient (Wildman–Crippen LogP) is 2.69. The summed E-state index contributed by atoms with van der Waals surface area (Å²) < 4.78 is 10.6. The number of rotatable bonds is 4. The van der Waals surface area contributed by atoms with Crippen LogP contribution in [0.3, 0.4) is 0 Å². The van der Waals surface area contributed by atoms with Crippen LogP contribution in [0.2, 0.25) is 0 Å². The van der Waals surface area contributed by atoms with E-state index in [4.69, 9.17) is 20.9 Å². The summed E-state index contributed by atoms with van der Waals surface area (Å²) in [6, 6.07) is 7.52. The number of likely N-dealkylation sites (tertiary alicyclic amines) is 1. The molecule has 0 N–H and O–H groups in total. The van der Waals surface area contributed by atoms with Crippen molar-refractivity contribution < 1.29 is 14.1 Å². The van der Waals surface area contributed by atoms with Crippen LogP contribution in [-0.2, 0) is 4.79 Å². The number of amides is 1. The Kier molecular flexibility index (Phi) is 4.81. The number of aromatic nitrogens is 2. The molecule has 0 aliphatic carbocycles. The Morgan fingerprint density at radius 3 is 2.65 bits per heavy atom. The molecule has 7 heteroatoms. The monoisotopic (exact) mass is 335 g/mol. The summed E-state index contributed by atoms with van der Waals surface area (Å²) in [5, 5.41) is 4.06. The highest BCUT2D eigenvalue weighted by Crippen LogP contribution is 2.29. The highest BCUT2D eigenvalue weighted by molar-refractivity contribution is 6.27. The molecule has 3 rings (SSSR count). The van der Waals surface area contributed by atoms with Crippen LogP contribution in [0.1, 0.15) is 24.7 Å². The summed E-state index contributed by atoms with van der Waals surface area (Å²) in [5.41, 5.74) is 0.885. The van der Waals surface area contributed by atoms with E-state index >= 15 is 0 Å². The molecule has 0 unspecified atom stereocenters. The molecular weight excluding hydrogens is 318 g/mol. The first-order chi connectivity index (χ1) is 11.2. The molecule has 1 aliphatic rings. The molecule has 23 heavy (non-hydrogen) atoms. The van der Waals surface area contributed by atoms with Crippen LogP contribution in [0.15, 0.2) is 28.8 Å². The minimum absolute atomic E-state index is 0.0189. The maximum atomic E-state index is 11.6. The summed E-state index contributed by atoms with van der Waals surface area (Å²) in [5.74, 6) is 2.19. The summed E-state index contributed by atoms with van der Waals surface area (Å²) in [6.07, 6.45) is 1.62. The second kappa shape index (κ2) is 7.00. The first-order valence-electron chi connectivity index (χ1n) is 7.53. The molecule has 0 atom stereocenters. The van der Waals surface area contributed by atoms with E-state index in [-0.39, 0.29) is 17.7 Å². The average Bonchev–Trinajstić information content (AvgIpc) is 3.11. The second-order valence-corrected chi connectivity index (χ2v) is 5.74. The molecule has 0 radical (unpaired) electrons. The molecule has 1 amide bonds. The molecule has 2 heterocycles. The van der Waals surface area contributed by atoms with E-state index in [1.807, 2.05) is 24.3 Å². The van der Waals surface area contributed by atoms with E-state index in [0.29, 0.717) is 24.8 Å². The molecule has 0 saturated carbocycles. The van der Waals surface area contributed by atoms with Crippen LogP contribution in [-0.4, -0.2) is 47.0 Å². The fourth-order valence-corrected chi connectivity index (χ4v) is 2.89. The van der Waals surface area contributed by atoms with Gasteiger partial charge < -0.3 is 14.2 Å². The van der Waals surface area contributed by atoms with E-state index in [9.17, 15) is 4.79 Å². The molecule has 1 aromatic carbocycles. The lowest BCUT2D eigenvalue weighted by atomic mass is 9.97. The second-order valence-electron chi connectivity index (χ2n) is 5.47. The third kappa shape index (κ3) is 3.47. The number of hydrogen-bond donors (Lipinski definition) is 0. The maximum absolute atomic E-state index is 11.6. The molecule has 1 fully saturated rings. The number of alkyl halides is 1. The minimum Gasteiger partial charge on any atom is -0.497 e. The molecule has 1 aromatic heterocycles. The fraction of sp³-hybridized carbons (Fsp3) is 0.438. The first-order valence-corrected chi connectivity index (χ1v) is 8.06. The van der Waals surface area contributed by atoms with Gasteiger partial charge in [0, 0.05) is 24.6 Å². The van der Waals surface area contributed by atoms with Crippen molar-refractivity contribution in [1.29, 1.82) is 0 Å². The van der Waals surface area contributed by atoms with Gasteiger partial charge in [0.2, 0.25) is 17.6 Å². The van der Waals surface area contributed by atoms with Crippen LogP contribution in [0.4, 0.5) is 0 Å². The number of hydrogen-bond acceptors (Lipinski definition) is 5. The molecule has 1 aliphatic heterocycles. The number of methoxy groups -OCH3 is 1. The SMILES string of the molecule is COc1ccc(-c2noc(C3CCN(C(=O)CCl)CC3)n2)cc1. The van der Waals surface area contributed by atoms with Crippen LogP contribution in [0.25, 0.3) is 11.4 Å². The summed E-state index contributed by atoms with van der Waals surface area (Å²) in [7, 11) is 1.63. The zero-order valence-corrected chi connectivity index (χ0v) is 13.6. The highest BCUT2D eigenvalue weighted by atomic mass is 35.5. The third-order valence-corrected chi connectivity index (χ3v) is 4.33. The lowest BCUT2D eigenvalue weighted by Gasteiger charge is -2.29. The van der Waals surface area contributed by atoms with E-state index in [0.717, 1.165) is 24.2 Å². The van der Waals surface area contributed by atoms with Gasteiger partial charge in [-0.25, -0.2) is 0 Å². The number of carbonyl (C=O) groups is 1. The van der Waals surface area contributed by atoms with Crippen LogP contribution in [0, 0.1) is 0 Å². The average molecular weight is 336 g/mol. The Balaban J connectivity index is 1.66. The first kappa shape index (κ1) is 15.8. The van der Waals surface area contributed by atoms with Gasteiger partial charge in [-0.15, -0.1) is 11.6 Å². The van der Waals surface area contributed by atoms with Crippen molar-refractivity contribution in [2.24, 2.45) is 0 Å². The highest BCUT2D eigenvalue weighted by Gasteiger charge is 2.27. The van der Waals surface area contributed by atoms with Gasteiger partial charge in [0.05, 0.1) is 7.11 Å². The topological polar surface area (TPSA) is 68.5 Å². The van der Waals surface area contributed by atoms with E-state index < -0.39 is 0 Å². The summed E-state index contributed by atoms with van der Waals surface area (Å²) in [6.45, 7) is 1.35. The number of ether oxygens (including phenoxy) is 1. The van der Waals surface area contributed by atoms with Gasteiger partial charge >= 0.3 is 0 Å². The Morgan fingerprint density at radius 2 is 2.04 bits per heavy atom. The number of benzene rings is 1. The normalized spacial score (nSPS) is 15.7. The van der Waals surface area contributed by atoms with Gasteiger partial charge in [-0.05, 0) is 37.1 Å². The lowest BCUT2D eigenvalue weighted by Crippen LogP contribution is -2.38. The zero-order valence-electron chi connectivity index (χ0n) is 12.9. The quantitative estimate of drug-likeness (QED) is 0.803. The molecule has 122 valence electrons. The molecule has 1 saturated heterocycles. The van der Waals surface area contributed by atoms with Crippen molar-refractivity contribution in [2.75, 3.05) is 26.1 Å². The Morgan fingerprint density at radius 1 is 1.35 bits per heavy atom. The summed E-state index contributed by atoms with van der Waals surface area (Å²) >= 11 is 5.59. The molecular formula is C16H18ClN3O3. The number of carbonyl (C=O) groups excluding carboxylic acids is 1. The zero-order chi connectivity index (χ0) is 16.2. The van der Waals surface area contributed by atoms with Gasteiger partial charge in [0.25, 0.3) is 0 Å². The van der Waals surface area contributed by atoms with Crippen molar-refractivity contribution in [3.63, 3.8) is 0 Å². The maximum Gasteiger partial charge on any atom is 0.237 e. The van der Waals surface area contributed by atoms with E-state index in [1.165, 1.54) is 0 Å². The van der Waals surface area contributed by atoms with Gasteiger partial charge in [-0.2, -0.15) is 4.98 Å². The van der Waals surface area contributed by atoms with Crippen LogP contribution in [0.5, 0.6) is 5.75 Å². The number of halogens is 1. The predicted molar refractivity (Wildman–Crippen MR) is 85.6 cm³/mol. The van der Waals surface area contributed by atoms with Gasteiger partial charge in [-0.1, -0.05) is 5.16 Å². The Labute approximate surface area is 139 Å². The van der Waals surface area contributed by atoms with E-state index in [2.05, 4.69) is 10.1 Å². The number of nitrogens with zero attached hydrogens (tertiary/aromatic N) is 3. The smallest absolute Gasteiger partial charge is 0.237 e. The largest absolute Gasteiger partial charge is 0.497 e. The van der Waals surface area contributed by atoms with Crippen molar-refractivity contribution in [1.82, 2.24) is 15.0 Å². The van der Waals surface area contributed by atoms with Gasteiger partial charge in [0.1, 0.15) is 11.6 Å². The molecule has 0 bridgehead atoms. The van der Waals surface area contributed by atoms with Crippen molar-refractivity contribution in [3.05, 3.63) is 30.2 Å². The van der Waals surface area contributed by atoms with Gasteiger partial charge in [-0.3, -0.25) is 4.79 Å². The van der Waals surface area contributed by atoms with Gasteiger partial charge in [0.15, 0.2) is 0 Å². The minimum atomic E-state index is -0.0189. The lowest BCUT2D eigenvalue weighted by molar-refractivity contribution is -0.129. The van der Waals surface area contributed by atoms with Crippen molar-refractivity contribution in [2.45, 2.75) is 18.8 Å². The molecule has 2 aromatic rings. The Bertz CT molecular complexity index is 663. The number of piperidine rings is 1. The van der Waals surface area contributed by atoms with Crippen molar-refractivity contribution >= 4 is 17.5 Å². The van der Waals surface area contributed by atoms with Crippen LogP contribution < -0.4 is 4.74 Å². The Hall–Kier alpha value is -2.08.